The summed E-state index contributed by atoms with van der Waals surface area (Å²) in [5.41, 5.74) is 13.6. The third kappa shape index (κ3) is 6.36. The van der Waals surface area contributed by atoms with Gasteiger partial charge in [0.15, 0.2) is 12.1 Å². The molecule has 2 rings (SSSR count). The molecule has 1 aliphatic heterocycles. The number of carbonyl (C=O) groups excluding carboxylic acids is 1. The summed E-state index contributed by atoms with van der Waals surface area (Å²) in [5, 5.41) is 32.6. The van der Waals surface area contributed by atoms with Gasteiger partial charge in [-0.25, -0.2) is 0 Å². The Balaban J connectivity index is 1.70. The second-order valence-electron chi connectivity index (χ2n) is 7.46. The number of aliphatic hydroxyl groups excluding tert-OH is 3. The molecule has 1 aromatic rings. The van der Waals surface area contributed by atoms with Crippen molar-refractivity contribution < 1.29 is 24.9 Å². The van der Waals surface area contributed by atoms with Gasteiger partial charge in [-0.1, -0.05) is 12.8 Å². The monoisotopic (exact) mass is 410 g/mol. The van der Waals surface area contributed by atoms with E-state index in [1.807, 2.05) is 11.0 Å². The molecule has 1 unspecified atom stereocenters. The summed E-state index contributed by atoms with van der Waals surface area (Å²) in [7, 11) is 1.43. The first-order valence-electron chi connectivity index (χ1n) is 10.1. The number of ether oxygens (including phenoxy) is 1. The fraction of sp³-hybridized carbons (Fsp3) is 0.650. The van der Waals surface area contributed by atoms with Crippen molar-refractivity contribution in [3.8, 4) is 0 Å². The van der Waals surface area contributed by atoms with Crippen LogP contribution in [0.1, 0.15) is 37.5 Å². The van der Waals surface area contributed by atoms with Crippen molar-refractivity contribution in [2.45, 2.75) is 50.2 Å². The molecule has 29 heavy (non-hydrogen) atoms. The molecule has 164 valence electrons. The molecule has 1 saturated heterocycles. The number of piperidine rings is 1. The number of unbranched alkanes of at least 4 members (excludes halogenated alkanes) is 3. The van der Waals surface area contributed by atoms with Crippen LogP contribution in [0.5, 0.6) is 0 Å². The van der Waals surface area contributed by atoms with Crippen molar-refractivity contribution in [1.82, 2.24) is 4.90 Å². The molecular weight excluding hydrogens is 376 g/mol. The van der Waals surface area contributed by atoms with Crippen LogP contribution in [0.4, 0.5) is 11.4 Å². The van der Waals surface area contributed by atoms with Gasteiger partial charge in [-0.05, 0) is 37.6 Å². The Hall–Kier alpha value is -1.75. The van der Waals surface area contributed by atoms with Gasteiger partial charge in [0, 0.05) is 37.1 Å². The van der Waals surface area contributed by atoms with Crippen molar-refractivity contribution in [1.29, 1.82) is 0 Å². The number of likely N-dealkylation sites (tertiary alicyclic amines) is 1. The zero-order valence-electron chi connectivity index (χ0n) is 17.0. The topological polar surface area (TPSA) is 154 Å². The lowest BCUT2D eigenvalue weighted by Crippen LogP contribution is -2.63. The Morgan fingerprint density at radius 2 is 2.03 bits per heavy atom. The van der Waals surface area contributed by atoms with Crippen LogP contribution in [-0.4, -0.2) is 77.5 Å². The van der Waals surface area contributed by atoms with Gasteiger partial charge < -0.3 is 36.8 Å². The largest absolute Gasteiger partial charge is 0.399 e. The van der Waals surface area contributed by atoms with E-state index in [9.17, 15) is 20.1 Å². The number of β-amino-alcohol motifs (C(OH)–C–C–N with tert-alkyl or cyclic N) is 1. The molecule has 0 amide bonds. The molecule has 0 saturated carbocycles. The highest BCUT2D eigenvalue weighted by molar-refractivity contribution is 5.89. The maximum absolute atomic E-state index is 11.8. The van der Waals surface area contributed by atoms with Crippen LogP contribution in [0.15, 0.2) is 18.2 Å². The van der Waals surface area contributed by atoms with Gasteiger partial charge in [-0.2, -0.15) is 0 Å². The number of carbonyl (C=O) groups is 1. The van der Waals surface area contributed by atoms with Gasteiger partial charge in [-0.3, -0.25) is 9.69 Å². The van der Waals surface area contributed by atoms with Gasteiger partial charge in [0.05, 0.1) is 18.7 Å². The predicted molar refractivity (Wildman–Crippen MR) is 111 cm³/mol. The van der Waals surface area contributed by atoms with Crippen LogP contribution in [0.2, 0.25) is 0 Å². The number of aliphatic hydroxyl groups is 3. The number of nitrogen functional groups attached to an aromatic ring is 1. The minimum atomic E-state index is -1.08. The van der Waals surface area contributed by atoms with Gasteiger partial charge in [0.1, 0.15) is 6.10 Å². The second kappa shape index (κ2) is 11.4. The van der Waals surface area contributed by atoms with Crippen molar-refractivity contribution >= 4 is 17.2 Å². The first-order valence-corrected chi connectivity index (χ1v) is 10.1. The Bertz CT molecular complexity index is 660. The van der Waals surface area contributed by atoms with Crippen LogP contribution >= 0.6 is 0 Å². The zero-order valence-corrected chi connectivity index (χ0v) is 17.0. The lowest BCUT2D eigenvalue weighted by molar-refractivity contribution is -0.137. The lowest BCUT2D eigenvalue weighted by Gasteiger charge is -2.39. The molecule has 9 heteroatoms. The fourth-order valence-electron chi connectivity index (χ4n) is 3.66. The molecule has 0 aromatic heterocycles. The number of anilines is 2. The average molecular weight is 411 g/mol. The summed E-state index contributed by atoms with van der Waals surface area (Å²) in [6, 6.07) is 4.02. The zero-order chi connectivity index (χ0) is 21.4. The van der Waals surface area contributed by atoms with Crippen LogP contribution in [0, 0.1) is 0 Å². The van der Waals surface area contributed by atoms with E-state index in [1.165, 1.54) is 7.11 Å². The Morgan fingerprint density at radius 1 is 1.31 bits per heavy atom. The Labute approximate surface area is 171 Å². The number of methoxy groups -OCH3 is 1. The van der Waals surface area contributed by atoms with E-state index in [1.54, 1.807) is 12.1 Å². The quantitative estimate of drug-likeness (QED) is 0.165. The number of nitrogens with one attached hydrogen (secondary N) is 1. The van der Waals surface area contributed by atoms with Crippen molar-refractivity contribution in [3.05, 3.63) is 23.8 Å². The summed E-state index contributed by atoms with van der Waals surface area (Å²) in [6.45, 7) is 1.45. The highest BCUT2D eigenvalue weighted by Crippen LogP contribution is 2.26. The van der Waals surface area contributed by atoms with Crippen LogP contribution in [0.25, 0.3) is 0 Å². The molecule has 1 aliphatic rings. The maximum atomic E-state index is 11.8. The standard InChI is InChI=1S/C20H34N4O5/c1-29-20(28)14-10-13(21)6-7-15(14)23-8-4-2-3-5-9-24-11-17(26)19(27)18(22)16(24)12-25/h6-7,10,16-18,20,23,25-26,28H,2-5,8-9,11-12,21-22H2,1H3/t16-,17+,18-,20?/m1/s1. The highest BCUT2D eigenvalue weighted by Gasteiger charge is 2.39. The highest BCUT2D eigenvalue weighted by atomic mass is 16.6. The van der Waals surface area contributed by atoms with E-state index >= 15 is 0 Å². The van der Waals surface area contributed by atoms with Gasteiger partial charge in [0.25, 0.3) is 0 Å². The first kappa shape index (κ1) is 23.5. The van der Waals surface area contributed by atoms with E-state index < -0.39 is 30.3 Å². The molecule has 0 aliphatic carbocycles. The average Bonchev–Trinajstić information content (AvgIpc) is 2.71. The number of Topliss-reactive ketones (excluding diaryl/α,β-unsaturated/α-hetero) is 1. The van der Waals surface area contributed by atoms with E-state index in [0.717, 1.165) is 37.9 Å². The molecule has 4 atom stereocenters. The third-order valence-electron chi connectivity index (χ3n) is 5.39. The molecular formula is C20H34N4O5. The minimum Gasteiger partial charge on any atom is -0.399 e. The molecule has 1 aromatic carbocycles. The van der Waals surface area contributed by atoms with Crippen LogP contribution < -0.4 is 16.8 Å². The summed E-state index contributed by atoms with van der Waals surface area (Å²) in [6.07, 6.45) is 1.70. The molecule has 8 N–H and O–H groups in total. The van der Waals surface area contributed by atoms with Gasteiger partial charge in [0.2, 0.25) is 0 Å². The second-order valence-corrected chi connectivity index (χ2v) is 7.46. The summed E-state index contributed by atoms with van der Waals surface area (Å²) < 4.78 is 4.98. The number of nitrogens with two attached hydrogens (primary N) is 2. The Morgan fingerprint density at radius 3 is 2.72 bits per heavy atom. The normalized spacial score (nSPS) is 23.9. The van der Waals surface area contributed by atoms with E-state index in [-0.39, 0.29) is 13.2 Å². The molecule has 0 radical (unpaired) electrons. The third-order valence-corrected chi connectivity index (χ3v) is 5.39. The number of nitrogens with zero attached hydrogens (tertiary/aromatic N) is 1. The van der Waals surface area contributed by atoms with Crippen LogP contribution in [0.3, 0.4) is 0 Å². The number of hydrogen-bond acceptors (Lipinski definition) is 9. The first-order chi connectivity index (χ1) is 13.9. The smallest absolute Gasteiger partial charge is 0.182 e. The molecule has 0 spiro atoms. The summed E-state index contributed by atoms with van der Waals surface area (Å²) in [4.78, 5) is 13.7. The van der Waals surface area contributed by atoms with Crippen molar-refractivity contribution in [3.63, 3.8) is 0 Å². The van der Waals surface area contributed by atoms with Crippen molar-refractivity contribution in [2.24, 2.45) is 5.73 Å². The maximum Gasteiger partial charge on any atom is 0.182 e. The van der Waals surface area contributed by atoms with Crippen molar-refractivity contribution in [2.75, 3.05) is 44.4 Å². The molecule has 1 heterocycles. The van der Waals surface area contributed by atoms with Gasteiger partial charge in [-0.15, -0.1) is 0 Å². The molecule has 0 bridgehead atoms. The SMILES string of the molecule is COC(O)c1cc(N)ccc1NCCCCCCN1C[C@H](O)C(=O)[C@H](N)[C@H]1CO. The Kier molecular flexibility index (Phi) is 9.28. The fourth-order valence-corrected chi connectivity index (χ4v) is 3.66. The van der Waals surface area contributed by atoms with E-state index in [2.05, 4.69) is 5.32 Å². The molecule has 1 fully saturated rings. The predicted octanol–water partition coefficient (Wildman–Crippen LogP) is -0.188. The number of rotatable bonds is 11. The number of ketones is 1. The lowest BCUT2D eigenvalue weighted by atomic mass is 9.93. The summed E-state index contributed by atoms with van der Waals surface area (Å²) in [5.74, 6) is -0.396. The molecule has 9 nitrogen and oxygen atoms in total. The number of benzene rings is 1. The minimum absolute atomic E-state index is 0.194. The number of hydrogen-bond donors (Lipinski definition) is 6. The van der Waals surface area contributed by atoms with E-state index in [4.69, 9.17) is 16.2 Å². The van der Waals surface area contributed by atoms with Gasteiger partial charge >= 0.3 is 0 Å². The van der Waals surface area contributed by atoms with Crippen LogP contribution in [-0.2, 0) is 9.53 Å². The summed E-state index contributed by atoms with van der Waals surface area (Å²) >= 11 is 0. The van der Waals surface area contributed by atoms with E-state index in [0.29, 0.717) is 17.8 Å².